The SMILES string of the molecule is N#Cc1ccc(C(=O)N(N)CC2CCC(c3ccnc4ccc(F)cc34)CO2)cc1. The minimum atomic E-state index is -0.319. The van der Waals surface area contributed by atoms with Crippen LogP contribution in [0.15, 0.2) is 54.7 Å². The van der Waals surface area contributed by atoms with E-state index in [2.05, 4.69) is 4.98 Å². The molecule has 1 aromatic heterocycles. The molecule has 7 heteroatoms. The maximum atomic E-state index is 13.7. The first-order valence-electron chi connectivity index (χ1n) is 9.77. The molecular weight excluding hydrogens is 383 g/mol. The van der Waals surface area contributed by atoms with Crippen molar-refractivity contribution in [3.8, 4) is 6.07 Å². The largest absolute Gasteiger partial charge is 0.376 e. The molecule has 2 heterocycles. The number of fused-ring (bicyclic) bond motifs is 1. The summed E-state index contributed by atoms with van der Waals surface area (Å²) in [5, 5.41) is 10.8. The molecule has 6 nitrogen and oxygen atoms in total. The van der Waals surface area contributed by atoms with E-state index in [-0.39, 0.29) is 30.3 Å². The number of halogens is 1. The zero-order valence-corrected chi connectivity index (χ0v) is 16.3. The molecule has 0 saturated carbocycles. The van der Waals surface area contributed by atoms with Crippen LogP contribution in [0.25, 0.3) is 10.9 Å². The standard InChI is InChI=1S/C23H21FN4O2/c24-18-6-8-22-21(11-18)20(9-10-27-22)17-5-7-19(30-14-17)13-28(26)23(29)16-3-1-15(12-25)2-4-16/h1-4,6,8-11,17,19H,5,7,13-14,26H2. The molecule has 152 valence electrons. The molecule has 0 aliphatic carbocycles. The van der Waals surface area contributed by atoms with Crippen LogP contribution in [0.4, 0.5) is 4.39 Å². The summed E-state index contributed by atoms with van der Waals surface area (Å²) in [4.78, 5) is 16.8. The number of hydrogen-bond donors (Lipinski definition) is 1. The fourth-order valence-electron chi connectivity index (χ4n) is 3.85. The third kappa shape index (κ3) is 4.15. The molecule has 4 rings (SSSR count). The fourth-order valence-corrected chi connectivity index (χ4v) is 3.85. The van der Waals surface area contributed by atoms with E-state index in [1.807, 2.05) is 12.1 Å². The van der Waals surface area contributed by atoms with Crippen LogP contribution in [-0.2, 0) is 4.74 Å². The van der Waals surface area contributed by atoms with Crippen LogP contribution < -0.4 is 5.84 Å². The highest BCUT2D eigenvalue weighted by molar-refractivity contribution is 5.93. The van der Waals surface area contributed by atoms with Crippen molar-refractivity contribution in [2.75, 3.05) is 13.2 Å². The zero-order valence-electron chi connectivity index (χ0n) is 16.3. The van der Waals surface area contributed by atoms with Crippen LogP contribution in [0.2, 0.25) is 0 Å². The van der Waals surface area contributed by atoms with Gasteiger partial charge in [0.2, 0.25) is 0 Å². The van der Waals surface area contributed by atoms with Crippen LogP contribution in [0.1, 0.15) is 40.2 Å². The molecule has 30 heavy (non-hydrogen) atoms. The lowest BCUT2D eigenvalue weighted by Gasteiger charge is -2.32. The Labute approximate surface area is 173 Å². The lowest BCUT2D eigenvalue weighted by atomic mass is 9.89. The van der Waals surface area contributed by atoms with Crippen molar-refractivity contribution in [1.82, 2.24) is 9.99 Å². The van der Waals surface area contributed by atoms with Gasteiger partial charge in [0.15, 0.2) is 0 Å². The van der Waals surface area contributed by atoms with Gasteiger partial charge in [-0.2, -0.15) is 5.26 Å². The van der Waals surface area contributed by atoms with Crippen molar-refractivity contribution >= 4 is 16.8 Å². The van der Waals surface area contributed by atoms with E-state index in [1.165, 1.54) is 12.1 Å². The molecule has 0 bridgehead atoms. The first-order chi connectivity index (χ1) is 14.5. The Kier molecular flexibility index (Phi) is 5.70. The molecule has 2 unspecified atom stereocenters. The molecule has 3 aromatic rings. The zero-order chi connectivity index (χ0) is 21.1. The smallest absolute Gasteiger partial charge is 0.267 e. The molecule has 0 radical (unpaired) electrons. The van der Waals surface area contributed by atoms with Gasteiger partial charge in [-0.05, 0) is 66.9 Å². The lowest BCUT2D eigenvalue weighted by molar-refractivity contribution is -0.0136. The Hall–Kier alpha value is -3.34. The number of carbonyl (C=O) groups is 1. The second kappa shape index (κ2) is 8.57. The Balaban J connectivity index is 1.38. The molecule has 2 aromatic carbocycles. The highest BCUT2D eigenvalue weighted by atomic mass is 19.1. The predicted octanol–water partition coefficient (Wildman–Crippen LogP) is 3.52. The lowest BCUT2D eigenvalue weighted by Crippen LogP contribution is -2.44. The monoisotopic (exact) mass is 404 g/mol. The average molecular weight is 404 g/mol. The maximum Gasteiger partial charge on any atom is 0.267 e. The summed E-state index contributed by atoms with van der Waals surface area (Å²) in [5.41, 5.74) is 2.70. The van der Waals surface area contributed by atoms with Crippen molar-refractivity contribution < 1.29 is 13.9 Å². The number of benzene rings is 2. The molecule has 1 amide bonds. The van der Waals surface area contributed by atoms with Gasteiger partial charge in [-0.1, -0.05) is 0 Å². The number of ether oxygens (including phenoxy) is 1. The number of aromatic nitrogens is 1. The Morgan fingerprint density at radius 2 is 2.03 bits per heavy atom. The number of amides is 1. The summed E-state index contributed by atoms with van der Waals surface area (Å²) in [6, 6.07) is 14.9. The number of hydrazine groups is 1. The summed E-state index contributed by atoms with van der Waals surface area (Å²) in [5.74, 6) is 5.51. The van der Waals surface area contributed by atoms with E-state index < -0.39 is 0 Å². The van der Waals surface area contributed by atoms with Gasteiger partial charge in [0, 0.05) is 23.1 Å². The first-order valence-corrected chi connectivity index (χ1v) is 9.77. The minimum absolute atomic E-state index is 0.133. The van der Waals surface area contributed by atoms with Crippen LogP contribution >= 0.6 is 0 Å². The Bertz CT molecular complexity index is 1100. The molecule has 1 aliphatic heterocycles. The normalized spacial score (nSPS) is 18.7. The van der Waals surface area contributed by atoms with Gasteiger partial charge in [0.1, 0.15) is 5.82 Å². The van der Waals surface area contributed by atoms with E-state index in [9.17, 15) is 9.18 Å². The quantitative estimate of drug-likeness (QED) is 0.408. The summed E-state index contributed by atoms with van der Waals surface area (Å²) < 4.78 is 19.7. The van der Waals surface area contributed by atoms with E-state index >= 15 is 0 Å². The third-order valence-electron chi connectivity index (χ3n) is 5.47. The molecular formula is C23H21FN4O2. The van der Waals surface area contributed by atoms with E-state index in [1.54, 1.807) is 36.5 Å². The van der Waals surface area contributed by atoms with Crippen LogP contribution in [0.5, 0.6) is 0 Å². The van der Waals surface area contributed by atoms with Gasteiger partial charge in [-0.15, -0.1) is 0 Å². The van der Waals surface area contributed by atoms with E-state index in [0.717, 1.165) is 34.3 Å². The molecule has 2 N–H and O–H groups in total. The minimum Gasteiger partial charge on any atom is -0.376 e. The van der Waals surface area contributed by atoms with Crippen molar-refractivity contribution in [2.24, 2.45) is 5.84 Å². The molecule has 1 aliphatic rings. The highest BCUT2D eigenvalue weighted by Crippen LogP contribution is 2.32. The molecule has 2 atom stereocenters. The number of nitrogens with two attached hydrogens (primary N) is 1. The third-order valence-corrected chi connectivity index (χ3v) is 5.47. The number of carbonyl (C=O) groups excluding carboxylic acids is 1. The van der Waals surface area contributed by atoms with Crippen molar-refractivity contribution in [2.45, 2.75) is 24.9 Å². The predicted molar refractivity (Wildman–Crippen MR) is 110 cm³/mol. The number of nitriles is 1. The van der Waals surface area contributed by atoms with Gasteiger partial charge in [-0.3, -0.25) is 14.8 Å². The van der Waals surface area contributed by atoms with Gasteiger partial charge in [0.25, 0.3) is 5.91 Å². The van der Waals surface area contributed by atoms with Gasteiger partial charge >= 0.3 is 0 Å². The van der Waals surface area contributed by atoms with Gasteiger partial charge in [-0.25, -0.2) is 10.2 Å². The van der Waals surface area contributed by atoms with Crippen LogP contribution in [-0.4, -0.2) is 35.2 Å². The maximum absolute atomic E-state index is 13.7. The Morgan fingerprint density at radius 1 is 1.23 bits per heavy atom. The summed E-state index contributed by atoms with van der Waals surface area (Å²) >= 11 is 0. The Morgan fingerprint density at radius 3 is 2.73 bits per heavy atom. The molecule has 1 fully saturated rings. The average Bonchev–Trinajstić information content (AvgIpc) is 2.78. The van der Waals surface area contributed by atoms with Gasteiger partial charge < -0.3 is 4.74 Å². The highest BCUT2D eigenvalue weighted by Gasteiger charge is 2.27. The van der Waals surface area contributed by atoms with Crippen LogP contribution in [0.3, 0.4) is 0 Å². The topological polar surface area (TPSA) is 92.2 Å². The number of pyridine rings is 1. The number of rotatable bonds is 4. The van der Waals surface area contributed by atoms with Crippen molar-refractivity contribution in [3.05, 3.63) is 77.2 Å². The second-order valence-electron chi connectivity index (χ2n) is 7.44. The summed E-state index contributed by atoms with van der Waals surface area (Å²) in [6.07, 6.45) is 3.15. The van der Waals surface area contributed by atoms with Crippen LogP contribution in [0, 0.1) is 17.1 Å². The summed E-state index contributed by atoms with van der Waals surface area (Å²) in [6.45, 7) is 0.746. The summed E-state index contributed by atoms with van der Waals surface area (Å²) in [7, 11) is 0. The van der Waals surface area contributed by atoms with Crippen molar-refractivity contribution in [1.29, 1.82) is 5.26 Å². The van der Waals surface area contributed by atoms with Crippen molar-refractivity contribution in [3.63, 3.8) is 0 Å². The van der Waals surface area contributed by atoms with E-state index in [4.69, 9.17) is 15.8 Å². The molecule has 1 saturated heterocycles. The number of nitrogens with zero attached hydrogens (tertiary/aromatic N) is 3. The first kappa shape index (κ1) is 20.0. The van der Waals surface area contributed by atoms with Gasteiger partial charge in [0.05, 0.1) is 36.4 Å². The fraction of sp³-hybridized carbons (Fsp3) is 0.261. The molecule has 0 spiro atoms. The van der Waals surface area contributed by atoms with E-state index in [0.29, 0.717) is 17.7 Å². The number of hydrogen-bond acceptors (Lipinski definition) is 5. The second-order valence-corrected chi connectivity index (χ2v) is 7.44.